The Balaban J connectivity index is 1.74. The number of hydrogen-bond donors (Lipinski definition) is 2. The Kier molecular flexibility index (Phi) is 3.54. The van der Waals surface area contributed by atoms with E-state index in [1.165, 1.54) is 0 Å². The lowest BCUT2D eigenvalue weighted by molar-refractivity contribution is 0.600. The van der Waals surface area contributed by atoms with Crippen molar-refractivity contribution in [3.05, 3.63) is 48.2 Å². The highest BCUT2D eigenvalue weighted by atomic mass is 32.2. The predicted molar refractivity (Wildman–Crippen MR) is 97.8 cm³/mol. The Hall–Kier alpha value is -2.80. The highest BCUT2D eigenvalue weighted by molar-refractivity contribution is 7.91. The summed E-state index contributed by atoms with van der Waals surface area (Å²) in [6.07, 6.45) is 2.28. The lowest BCUT2D eigenvalue weighted by atomic mass is 10.1. The molecule has 0 saturated carbocycles. The van der Waals surface area contributed by atoms with Gasteiger partial charge in [0.25, 0.3) is 0 Å². The Labute approximate surface area is 145 Å². The van der Waals surface area contributed by atoms with Gasteiger partial charge in [0, 0.05) is 22.8 Å². The molecule has 0 unspecified atom stereocenters. The third-order valence-electron chi connectivity index (χ3n) is 4.21. The third kappa shape index (κ3) is 2.87. The van der Waals surface area contributed by atoms with Crippen molar-refractivity contribution in [3.63, 3.8) is 0 Å². The van der Waals surface area contributed by atoms with Gasteiger partial charge in [-0.2, -0.15) is 0 Å². The Bertz CT molecular complexity index is 1120. The lowest BCUT2D eigenvalue weighted by Crippen LogP contribution is -2.04. The van der Waals surface area contributed by atoms with Gasteiger partial charge < -0.3 is 5.32 Å². The van der Waals surface area contributed by atoms with Crippen LogP contribution in [0.1, 0.15) is 12.5 Å². The number of fused-ring (bicyclic) bond motifs is 2. The predicted octanol–water partition coefficient (Wildman–Crippen LogP) is 3.04. The van der Waals surface area contributed by atoms with Crippen LogP contribution in [0.5, 0.6) is 0 Å². The molecule has 7 heteroatoms. The first-order valence-electron chi connectivity index (χ1n) is 7.87. The summed E-state index contributed by atoms with van der Waals surface area (Å²) in [4.78, 5) is 9.43. The molecule has 0 atom stereocenters. The smallest absolute Gasteiger partial charge is 0.178 e. The number of benzene rings is 2. The van der Waals surface area contributed by atoms with Crippen LogP contribution in [0.4, 0.5) is 5.69 Å². The Morgan fingerprint density at radius 3 is 2.84 bits per heavy atom. The summed E-state index contributed by atoms with van der Waals surface area (Å²) in [5.74, 6) is 1.11. The minimum atomic E-state index is -3.12. The molecule has 0 saturated heterocycles. The molecule has 0 amide bonds. The SMILES string of the molecule is CC(=N)Nc1ccc2nc(-c3ccc4c(c3)CCS4(=O)=O)ncc2c1. The number of sulfone groups is 1. The number of aromatic nitrogens is 2. The maximum Gasteiger partial charge on any atom is 0.178 e. The molecule has 3 aromatic rings. The monoisotopic (exact) mass is 352 g/mol. The van der Waals surface area contributed by atoms with Crippen LogP contribution in [0, 0.1) is 5.41 Å². The van der Waals surface area contributed by atoms with Crippen LogP contribution in [-0.2, 0) is 16.3 Å². The average Bonchev–Trinajstić information content (AvgIpc) is 2.88. The quantitative estimate of drug-likeness (QED) is 0.546. The van der Waals surface area contributed by atoms with Gasteiger partial charge >= 0.3 is 0 Å². The molecule has 6 nitrogen and oxygen atoms in total. The number of rotatable bonds is 2. The summed E-state index contributed by atoms with van der Waals surface area (Å²) in [5.41, 5.74) is 3.27. The van der Waals surface area contributed by atoms with Crippen molar-refractivity contribution in [2.45, 2.75) is 18.2 Å². The molecular formula is C18H16N4O2S. The highest BCUT2D eigenvalue weighted by Crippen LogP contribution is 2.30. The fourth-order valence-electron chi connectivity index (χ4n) is 3.04. The zero-order chi connectivity index (χ0) is 17.6. The van der Waals surface area contributed by atoms with Crippen LogP contribution >= 0.6 is 0 Å². The van der Waals surface area contributed by atoms with Crippen molar-refractivity contribution < 1.29 is 8.42 Å². The molecule has 4 rings (SSSR count). The van der Waals surface area contributed by atoms with Gasteiger partial charge in [0.1, 0.15) is 0 Å². The van der Waals surface area contributed by atoms with Crippen LogP contribution < -0.4 is 5.32 Å². The van der Waals surface area contributed by atoms with Gasteiger partial charge in [-0.15, -0.1) is 0 Å². The van der Waals surface area contributed by atoms with E-state index < -0.39 is 9.84 Å². The van der Waals surface area contributed by atoms with E-state index in [4.69, 9.17) is 5.41 Å². The van der Waals surface area contributed by atoms with Crippen molar-refractivity contribution in [3.8, 4) is 11.4 Å². The molecule has 1 aliphatic rings. The molecule has 25 heavy (non-hydrogen) atoms. The van der Waals surface area contributed by atoms with Crippen molar-refractivity contribution in [2.24, 2.45) is 0 Å². The second-order valence-electron chi connectivity index (χ2n) is 6.11. The van der Waals surface area contributed by atoms with E-state index in [2.05, 4.69) is 15.3 Å². The molecule has 0 spiro atoms. The van der Waals surface area contributed by atoms with Crippen LogP contribution in [0.2, 0.25) is 0 Å². The van der Waals surface area contributed by atoms with Crippen molar-refractivity contribution in [1.82, 2.24) is 9.97 Å². The van der Waals surface area contributed by atoms with Crippen LogP contribution in [0.3, 0.4) is 0 Å². The first-order chi connectivity index (χ1) is 11.9. The molecule has 126 valence electrons. The number of nitrogens with zero attached hydrogens (tertiary/aromatic N) is 2. The van der Waals surface area contributed by atoms with Gasteiger partial charge in [-0.1, -0.05) is 0 Å². The third-order valence-corrected chi connectivity index (χ3v) is 6.02. The highest BCUT2D eigenvalue weighted by Gasteiger charge is 2.26. The summed E-state index contributed by atoms with van der Waals surface area (Å²) in [6, 6.07) is 10.9. The fraction of sp³-hybridized carbons (Fsp3) is 0.167. The van der Waals surface area contributed by atoms with Gasteiger partial charge in [-0.05, 0) is 55.3 Å². The van der Waals surface area contributed by atoms with Crippen LogP contribution in [-0.4, -0.2) is 30.0 Å². The summed E-state index contributed by atoms with van der Waals surface area (Å²) in [6.45, 7) is 1.68. The van der Waals surface area contributed by atoms with Gasteiger partial charge in [-0.25, -0.2) is 18.4 Å². The van der Waals surface area contributed by atoms with E-state index in [1.54, 1.807) is 25.3 Å². The molecule has 0 aliphatic carbocycles. The summed E-state index contributed by atoms with van der Waals surface area (Å²) >= 11 is 0. The number of nitrogens with one attached hydrogen (secondary N) is 2. The lowest BCUT2D eigenvalue weighted by Gasteiger charge is -2.07. The number of aryl methyl sites for hydroxylation is 1. The first-order valence-corrected chi connectivity index (χ1v) is 9.53. The van der Waals surface area contributed by atoms with E-state index >= 15 is 0 Å². The topological polar surface area (TPSA) is 95.8 Å². The van der Waals surface area contributed by atoms with Gasteiger partial charge in [0.2, 0.25) is 0 Å². The largest absolute Gasteiger partial charge is 0.344 e. The van der Waals surface area contributed by atoms with Crippen molar-refractivity contribution in [2.75, 3.05) is 11.1 Å². The second-order valence-corrected chi connectivity index (χ2v) is 8.19. The zero-order valence-corrected chi connectivity index (χ0v) is 14.4. The summed E-state index contributed by atoms with van der Waals surface area (Å²) in [7, 11) is -3.12. The molecule has 2 aromatic carbocycles. The van der Waals surface area contributed by atoms with Crippen LogP contribution in [0.25, 0.3) is 22.3 Å². The van der Waals surface area contributed by atoms with Gasteiger partial charge in [0.15, 0.2) is 15.7 Å². The van der Waals surface area contributed by atoms with E-state index in [-0.39, 0.29) is 5.75 Å². The first kappa shape index (κ1) is 15.7. The van der Waals surface area contributed by atoms with Gasteiger partial charge in [0.05, 0.1) is 22.0 Å². The maximum atomic E-state index is 11.9. The fourth-order valence-corrected chi connectivity index (χ4v) is 4.58. The second kappa shape index (κ2) is 5.63. The molecule has 0 radical (unpaired) electrons. The molecular weight excluding hydrogens is 336 g/mol. The molecule has 0 fully saturated rings. The molecule has 0 bridgehead atoms. The van der Waals surface area contributed by atoms with Crippen molar-refractivity contribution in [1.29, 1.82) is 5.41 Å². The standard InChI is InChI=1S/C18H16N4O2S/c1-11(19)21-15-3-4-16-14(9-15)10-20-18(22-16)13-2-5-17-12(8-13)6-7-25(17,23)24/h2-5,8-10H,6-7H2,1H3,(H2,19,21). The Morgan fingerprint density at radius 2 is 2.04 bits per heavy atom. The van der Waals surface area contributed by atoms with E-state index in [0.29, 0.717) is 23.0 Å². The molecule has 1 aliphatic heterocycles. The number of anilines is 1. The number of amidine groups is 1. The number of hydrogen-bond acceptors (Lipinski definition) is 5. The minimum absolute atomic E-state index is 0.173. The van der Waals surface area contributed by atoms with Crippen molar-refractivity contribution >= 4 is 32.3 Å². The maximum absolute atomic E-state index is 11.9. The van der Waals surface area contributed by atoms with Crippen LogP contribution in [0.15, 0.2) is 47.5 Å². The normalized spacial score (nSPS) is 15.1. The molecule has 1 aromatic heterocycles. The minimum Gasteiger partial charge on any atom is -0.344 e. The Morgan fingerprint density at radius 1 is 1.20 bits per heavy atom. The molecule has 2 N–H and O–H groups in total. The van der Waals surface area contributed by atoms with E-state index in [0.717, 1.165) is 27.7 Å². The van der Waals surface area contributed by atoms with E-state index in [1.807, 2.05) is 24.3 Å². The van der Waals surface area contributed by atoms with E-state index in [9.17, 15) is 8.42 Å². The average molecular weight is 352 g/mol. The molecule has 2 heterocycles. The summed E-state index contributed by atoms with van der Waals surface area (Å²) < 4.78 is 23.9. The summed E-state index contributed by atoms with van der Waals surface area (Å²) in [5, 5.41) is 11.3. The van der Waals surface area contributed by atoms with Gasteiger partial charge in [-0.3, -0.25) is 5.41 Å². The zero-order valence-electron chi connectivity index (χ0n) is 13.6.